The summed E-state index contributed by atoms with van der Waals surface area (Å²) in [4.78, 5) is 0. The zero-order valence-corrected chi connectivity index (χ0v) is 13.0. The lowest BCUT2D eigenvalue weighted by Crippen LogP contribution is -2.20. The van der Waals surface area contributed by atoms with Crippen LogP contribution in [0, 0.1) is 5.41 Å². The third-order valence-corrected chi connectivity index (χ3v) is 3.73. The van der Waals surface area contributed by atoms with Crippen molar-refractivity contribution in [2.75, 3.05) is 6.61 Å². The molecule has 1 fully saturated rings. The lowest BCUT2D eigenvalue weighted by Gasteiger charge is -2.23. The minimum atomic E-state index is -0.0822. The van der Waals surface area contributed by atoms with E-state index in [1.54, 1.807) is 0 Å². The standard InChI is InChI=1S/C16H22N4O2/c1-10(2)22-11-6-7-13-12(9-11)15(16(17)18)19-20(13)14-5-3-4-8-21-14/h6-7,9-10,14H,3-5,8H2,1-2H3,(H3,17,18). The third-order valence-electron chi connectivity index (χ3n) is 3.73. The van der Waals surface area contributed by atoms with E-state index in [2.05, 4.69) is 5.10 Å². The van der Waals surface area contributed by atoms with Crippen molar-refractivity contribution < 1.29 is 9.47 Å². The number of hydrogen-bond donors (Lipinski definition) is 2. The number of hydrogen-bond acceptors (Lipinski definition) is 4. The molecule has 2 heterocycles. The maximum atomic E-state index is 7.78. The maximum absolute atomic E-state index is 7.78. The van der Waals surface area contributed by atoms with Gasteiger partial charge in [0.1, 0.15) is 17.3 Å². The van der Waals surface area contributed by atoms with Gasteiger partial charge in [0.25, 0.3) is 0 Å². The minimum Gasteiger partial charge on any atom is -0.491 e. The van der Waals surface area contributed by atoms with Crippen LogP contribution in [0.25, 0.3) is 10.9 Å². The van der Waals surface area contributed by atoms with Gasteiger partial charge in [0.15, 0.2) is 6.23 Å². The molecule has 3 N–H and O–H groups in total. The van der Waals surface area contributed by atoms with Crippen molar-refractivity contribution >= 4 is 16.7 Å². The van der Waals surface area contributed by atoms with Crippen LogP contribution in [-0.4, -0.2) is 28.3 Å². The molecule has 6 nitrogen and oxygen atoms in total. The zero-order valence-electron chi connectivity index (χ0n) is 13.0. The van der Waals surface area contributed by atoms with Crippen LogP contribution >= 0.6 is 0 Å². The summed E-state index contributed by atoms with van der Waals surface area (Å²) in [6.45, 7) is 4.71. The minimum absolute atomic E-state index is 0.0405. The highest BCUT2D eigenvalue weighted by Crippen LogP contribution is 2.30. The van der Waals surface area contributed by atoms with Gasteiger partial charge < -0.3 is 15.2 Å². The van der Waals surface area contributed by atoms with Gasteiger partial charge in [-0.15, -0.1) is 0 Å². The van der Waals surface area contributed by atoms with Crippen molar-refractivity contribution in [3.63, 3.8) is 0 Å². The first-order chi connectivity index (χ1) is 10.6. The van der Waals surface area contributed by atoms with E-state index in [1.807, 2.05) is 36.7 Å². The molecule has 1 aliphatic heterocycles. The molecule has 0 aliphatic carbocycles. The number of fused-ring (bicyclic) bond motifs is 1. The molecule has 1 unspecified atom stereocenters. The number of benzene rings is 1. The Kier molecular flexibility index (Phi) is 4.02. The van der Waals surface area contributed by atoms with Crippen molar-refractivity contribution in [2.45, 2.75) is 45.4 Å². The van der Waals surface area contributed by atoms with Gasteiger partial charge in [0.2, 0.25) is 0 Å². The molecule has 0 spiro atoms. The van der Waals surface area contributed by atoms with Crippen LogP contribution in [0.1, 0.15) is 45.0 Å². The molecule has 1 atom stereocenters. The number of nitrogens with two attached hydrogens (primary N) is 1. The van der Waals surface area contributed by atoms with Gasteiger partial charge in [-0.2, -0.15) is 5.10 Å². The van der Waals surface area contributed by atoms with Gasteiger partial charge in [-0.1, -0.05) is 0 Å². The third kappa shape index (κ3) is 2.78. The number of nitrogen functional groups attached to an aromatic ring is 1. The summed E-state index contributed by atoms with van der Waals surface area (Å²) in [5.41, 5.74) is 7.11. The average molecular weight is 302 g/mol. The van der Waals surface area contributed by atoms with Gasteiger partial charge >= 0.3 is 0 Å². The highest BCUT2D eigenvalue weighted by molar-refractivity contribution is 6.05. The second-order valence-electron chi connectivity index (χ2n) is 5.87. The summed E-state index contributed by atoms with van der Waals surface area (Å²) in [7, 11) is 0. The highest BCUT2D eigenvalue weighted by atomic mass is 16.5. The monoisotopic (exact) mass is 302 g/mol. The first-order valence-corrected chi connectivity index (χ1v) is 7.71. The largest absolute Gasteiger partial charge is 0.491 e. The Morgan fingerprint density at radius 3 is 2.91 bits per heavy atom. The van der Waals surface area contributed by atoms with E-state index < -0.39 is 0 Å². The molecule has 0 amide bonds. The predicted molar refractivity (Wildman–Crippen MR) is 85.4 cm³/mol. The van der Waals surface area contributed by atoms with Gasteiger partial charge in [0.05, 0.1) is 11.6 Å². The molecule has 6 heteroatoms. The van der Waals surface area contributed by atoms with Gasteiger partial charge in [-0.25, -0.2) is 4.68 Å². The quantitative estimate of drug-likeness (QED) is 0.671. The summed E-state index contributed by atoms with van der Waals surface area (Å²) in [5.74, 6) is 0.718. The fourth-order valence-electron chi connectivity index (χ4n) is 2.80. The predicted octanol–water partition coefficient (Wildman–Crippen LogP) is 2.81. The van der Waals surface area contributed by atoms with Crippen LogP contribution in [-0.2, 0) is 4.74 Å². The van der Waals surface area contributed by atoms with Crippen LogP contribution < -0.4 is 10.5 Å². The molecule has 1 aliphatic rings. The van der Waals surface area contributed by atoms with Crippen molar-refractivity contribution in [3.8, 4) is 5.75 Å². The number of ether oxygens (including phenoxy) is 2. The molecule has 3 rings (SSSR count). The number of amidine groups is 1. The Morgan fingerprint density at radius 2 is 2.27 bits per heavy atom. The second-order valence-corrected chi connectivity index (χ2v) is 5.87. The zero-order chi connectivity index (χ0) is 15.7. The number of aromatic nitrogens is 2. The molecular weight excluding hydrogens is 280 g/mol. The van der Waals surface area contributed by atoms with E-state index >= 15 is 0 Å². The summed E-state index contributed by atoms with van der Waals surface area (Å²) < 4.78 is 13.4. The first-order valence-electron chi connectivity index (χ1n) is 7.71. The van der Waals surface area contributed by atoms with Gasteiger partial charge in [-0.3, -0.25) is 5.41 Å². The van der Waals surface area contributed by atoms with Crippen LogP contribution in [0.4, 0.5) is 0 Å². The van der Waals surface area contributed by atoms with Crippen LogP contribution in [0.3, 0.4) is 0 Å². The van der Waals surface area contributed by atoms with Crippen LogP contribution in [0.2, 0.25) is 0 Å². The Hall–Kier alpha value is -2.08. The Labute approximate surface area is 129 Å². The summed E-state index contributed by atoms with van der Waals surface area (Å²) in [6, 6.07) is 5.79. The number of nitrogens with zero attached hydrogens (tertiary/aromatic N) is 2. The molecule has 0 radical (unpaired) electrons. The lowest BCUT2D eigenvalue weighted by atomic mass is 10.1. The van der Waals surface area contributed by atoms with E-state index in [4.69, 9.17) is 20.6 Å². The van der Waals surface area contributed by atoms with Crippen molar-refractivity contribution in [1.82, 2.24) is 9.78 Å². The smallest absolute Gasteiger partial charge is 0.150 e. The number of nitrogens with one attached hydrogen (secondary N) is 1. The van der Waals surface area contributed by atoms with E-state index in [9.17, 15) is 0 Å². The molecule has 22 heavy (non-hydrogen) atoms. The lowest BCUT2D eigenvalue weighted by molar-refractivity contribution is -0.0367. The highest BCUT2D eigenvalue weighted by Gasteiger charge is 2.22. The Bertz CT molecular complexity index is 687. The Morgan fingerprint density at radius 1 is 1.45 bits per heavy atom. The van der Waals surface area contributed by atoms with E-state index in [0.29, 0.717) is 5.69 Å². The molecular formula is C16H22N4O2. The van der Waals surface area contributed by atoms with Crippen LogP contribution in [0.15, 0.2) is 18.2 Å². The summed E-state index contributed by atoms with van der Waals surface area (Å²) in [5, 5.41) is 13.1. The average Bonchev–Trinajstić information content (AvgIpc) is 2.86. The van der Waals surface area contributed by atoms with Gasteiger partial charge in [-0.05, 0) is 51.3 Å². The topological polar surface area (TPSA) is 86.1 Å². The molecule has 0 saturated carbocycles. The Balaban J connectivity index is 2.08. The van der Waals surface area contributed by atoms with Crippen molar-refractivity contribution in [3.05, 3.63) is 23.9 Å². The maximum Gasteiger partial charge on any atom is 0.150 e. The molecule has 1 aromatic heterocycles. The van der Waals surface area contributed by atoms with Gasteiger partial charge in [0, 0.05) is 12.0 Å². The molecule has 1 saturated heterocycles. The van der Waals surface area contributed by atoms with E-state index in [1.165, 1.54) is 0 Å². The SMILES string of the molecule is CC(C)Oc1ccc2c(c1)c(C(=N)N)nn2C1CCCCO1. The number of rotatable bonds is 4. The summed E-state index contributed by atoms with van der Waals surface area (Å²) >= 11 is 0. The summed E-state index contributed by atoms with van der Waals surface area (Å²) in [6.07, 6.45) is 3.15. The van der Waals surface area contributed by atoms with E-state index in [0.717, 1.165) is 42.5 Å². The molecule has 2 aromatic rings. The molecule has 0 bridgehead atoms. The normalized spacial score (nSPS) is 18.8. The van der Waals surface area contributed by atoms with Crippen molar-refractivity contribution in [2.24, 2.45) is 5.73 Å². The fraction of sp³-hybridized carbons (Fsp3) is 0.500. The fourth-order valence-corrected chi connectivity index (χ4v) is 2.80. The van der Waals surface area contributed by atoms with Crippen LogP contribution in [0.5, 0.6) is 5.75 Å². The molecule has 1 aromatic carbocycles. The first kappa shape index (κ1) is 14.8. The second kappa shape index (κ2) is 5.96. The van der Waals surface area contributed by atoms with Crippen molar-refractivity contribution in [1.29, 1.82) is 5.41 Å². The molecule has 118 valence electrons. The van der Waals surface area contributed by atoms with E-state index in [-0.39, 0.29) is 18.2 Å².